The normalized spacial score (nSPS) is 24.9. The lowest BCUT2D eigenvalue weighted by Crippen LogP contribution is -2.45. The van der Waals surface area contributed by atoms with Gasteiger partial charge in [0.15, 0.2) is 0 Å². The van der Waals surface area contributed by atoms with E-state index in [4.69, 9.17) is 5.26 Å². The molecule has 2 amide bonds. The quantitative estimate of drug-likeness (QED) is 0.815. The van der Waals surface area contributed by atoms with Crippen LogP contribution in [0.4, 0.5) is 10.5 Å². The molecule has 2 atom stereocenters. The fraction of sp³-hybridized carbons (Fsp3) is 0.467. The molecule has 2 aliphatic heterocycles. The zero-order chi connectivity index (χ0) is 13.9. The molecule has 2 heterocycles. The topological polar surface area (TPSA) is 68.2 Å². The van der Waals surface area contributed by atoms with Gasteiger partial charge in [-0.25, -0.2) is 4.79 Å². The molecule has 5 nitrogen and oxygen atoms in total. The first-order chi connectivity index (χ1) is 9.76. The van der Waals surface area contributed by atoms with Crippen LogP contribution in [-0.4, -0.2) is 37.1 Å². The van der Waals surface area contributed by atoms with Crippen LogP contribution in [0.5, 0.6) is 0 Å². The molecule has 0 aromatic heterocycles. The molecule has 0 bridgehead atoms. The van der Waals surface area contributed by atoms with Crippen LogP contribution in [0.15, 0.2) is 24.3 Å². The number of rotatable bonds is 1. The van der Waals surface area contributed by atoms with Crippen molar-refractivity contribution in [3.05, 3.63) is 29.8 Å². The molecule has 2 fully saturated rings. The van der Waals surface area contributed by atoms with Gasteiger partial charge in [-0.15, -0.1) is 0 Å². The van der Waals surface area contributed by atoms with Gasteiger partial charge >= 0.3 is 6.03 Å². The zero-order valence-electron chi connectivity index (χ0n) is 11.3. The maximum Gasteiger partial charge on any atom is 0.321 e. The Morgan fingerprint density at radius 2 is 2.05 bits per heavy atom. The van der Waals surface area contributed by atoms with E-state index in [-0.39, 0.29) is 6.03 Å². The van der Waals surface area contributed by atoms with Crippen LogP contribution in [0.25, 0.3) is 0 Å². The second-order valence-corrected chi connectivity index (χ2v) is 5.53. The van der Waals surface area contributed by atoms with E-state index >= 15 is 0 Å². The smallest absolute Gasteiger partial charge is 0.321 e. The molecule has 0 radical (unpaired) electrons. The van der Waals surface area contributed by atoms with Crippen LogP contribution in [0.2, 0.25) is 0 Å². The largest absolute Gasteiger partial charge is 0.324 e. The third kappa shape index (κ3) is 2.61. The summed E-state index contributed by atoms with van der Waals surface area (Å²) in [6.07, 6.45) is 1.08. The highest BCUT2D eigenvalue weighted by Gasteiger charge is 2.34. The number of hydrogen-bond acceptors (Lipinski definition) is 3. The van der Waals surface area contributed by atoms with E-state index in [0.29, 0.717) is 11.5 Å². The predicted molar refractivity (Wildman–Crippen MR) is 76.2 cm³/mol. The lowest BCUT2D eigenvalue weighted by Gasteiger charge is -2.34. The molecular weight excluding hydrogens is 252 g/mol. The van der Waals surface area contributed by atoms with E-state index < -0.39 is 0 Å². The second kappa shape index (κ2) is 5.51. The molecule has 3 rings (SSSR count). The Bertz CT molecular complexity index is 534. The van der Waals surface area contributed by atoms with Crippen LogP contribution in [0.1, 0.15) is 12.0 Å². The first-order valence-electron chi connectivity index (χ1n) is 7.03. The Hall–Kier alpha value is -2.06. The van der Waals surface area contributed by atoms with Gasteiger partial charge in [-0.05, 0) is 55.6 Å². The summed E-state index contributed by atoms with van der Waals surface area (Å²) in [6, 6.07) is 8.97. The summed E-state index contributed by atoms with van der Waals surface area (Å²) in [7, 11) is 0. The molecule has 0 saturated carbocycles. The van der Waals surface area contributed by atoms with Crippen molar-refractivity contribution < 1.29 is 4.79 Å². The summed E-state index contributed by atoms with van der Waals surface area (Å²) in [5, 5.41) is 15.0. The van der Waals surface area contributed by atoms with Gasteiger partial charge in [0, 0.05) is 18.8 Å². The van der Waals surface area contributed by atoms with Crippen molar-refractivity contribution in [3.8, 4) is 6.07 Å². The van der Waals surface area contributed by atoms with Gasteiger partial charge in [0.25, 0.3) is 0 Å². The van der Waals surface area contributed by atoms with E-state index in [2.05, 4.69) is 16.7 Å². The highest BCUT2D eigenvalue weighted by molar-refractivity contribution is 5.89. The van der Waals surface area contributed by atoms with Gasteiger partial charge in [-0.1, -0.05) is 0 Å². The van der Waals surface area contributed by atoms with Crippen molar-refractivity contribution in [2.45, 2.75) is 6.42 Å². The number of amides is 2. The molecule has 0 aliphatic carbocycles. The van der Waals surface area contributed by atoms with Crippen molar-refractivity contribution >= 4 is 11.7 Å². The Labute approximate surface area is 118 Å². The summed E-state index contributed by atoms with van der Waals surface area (Å²) < 4.78 is 0. The number of carbonyl (C=O) groups excluding carboxylic acids is 1. The number of urea groups is 1. The number of fused-ring (bicyclic) bond motifs is 1. The molecule has 2 unspecified atom stereocenters. The van der Waals surface area contributed by atoms with Crippen LogP contribution < -0.4 is 10.6 Å². The first kappa shape index (κ1) is 12.9. The van der Waals surface area contributed by atoms with E-state index in [1.165, 1.54) is 0 Å². The SMILES string of the molecule is N#Cc1ccc(NC(=O)N2CCC3CNCC3C2)cc1. The van der Waals surface area contributed by atoms with E-state index in [1.807, 2.05) is 4.90 Å². The molecule has 2 aliphatic rings. The third-order valence-electron chi connectivity index (χ3n) is 4.26. The monoisotopic (exact) mass is 270 g/mol. The van der Waals surface area contributed by atoms with Gasteiger partial charge in [-0.3, -0.25) is 0 Å². The third-order valence-corrected chi connectivity index (χ3v) is 4.26. The number of nitrogens with zero attached hydrogens (tertiary/aromatic N) is 2. The standard InChI is InChI=1S/C15H18N4O/c16-7-11-1-3-14(4-2-11)18-15(20)19-6-5-12-8-17-9-13(12)10-19/h1-4,12-13,17H,5-6,8-10H2,(H,18,20). The molecular formula is C15H18N4O. The molecule has 2 N–H and O–H groups in total. The summed E-state index contributed by atoms with van der Waals surface area (Å²) >= 11 is 0. The molecule has 2 saturated heterocycles. The van der Waals surface area contributed by atoms with Crippen molar-refractivity contribution in [1.29, 1.82) is 5.26 Å². The van der Waals surface area contributed by atoms with Crippen molar-refractivity contribution in [1.82, 2.24) is 10.2 Å². The Balaban J connectivity index is 1.60. The molecule has 5 heteroatoms. The highest BCUT2D eigenvalue weighted by atomic mass is 16.2. The number of anilines is 1. The number of nitrogens with one attached hydrogen (secondary N) is 2. The van der Waals surface area contributed by atoms with Crippen LogP contribution in [0.3, 0.4) is 0 Å². The second-order valence-electron chi connectivity index (χ2n) is 5.53. The molecule has 104 valence electrons. The molecule has 1 aromatic carbocycles. The highest BCUT2D eigenvalue weighted by Crippen LogP contribution is 2.26. The lowest BCUT2D eigenvalue weighted by atomic mass is 9.89. The van der Waals surface area contributed by atoms with Gasteiger partial charge < -0.3 is 15.5 Å². The predicted octanol–water partition coefficient (Wildman–Crippen LogP) is 1.63. The van der Waals surface area contributed by atoms with Gasteiger partial charge in [0.05, 0.1) is 11.6 Å². The minimum absolute atomic E-state index is 0.0416. The minimum Gasteiger partial charge on any atom is -0.324 e. The van der Waals surface area contributed by atoms with Crippen LogP contribution in [0, 0.1) is 23.2 Å². The van der Waals surface area contributed by atoms with Gasteiger partial charge in [0.2, 0.25) is 0 Å². The summed E-state index contributed by atoms with van der Waals surface area (Å²) in [4.78, 5) is 14.1. The van der Waals surface area contributed by atoms with Crippen molar-refractivity contribution in [3.63, 3.8) is 0 Å². The molecule has 0 spiro atoms. The van der Waals surface area contributed by atoms with E-state index in [1.54, 1.807) is 24.3 Å². The van der Waals surface area contributed by atoms with Gasteiger partial charge in [0.1, 0.15) is 0 Å². The van der Waals surface area contributed by atoms with Crippen molar-refractivity contribution in [2.24, 2.45) is 11.8 Å². The van der Waals surface area contributed by atoms with E-state index in [0.717, 1.165) is 44.2 Å². The summed E-state index contributed by atoms with van der Waals surface area (Å²) in [5.74, 6) is 1.32. The van der Waals surface area contributed by atoms with Crippen LogP contribution in [-0.2, 0) is 0 Å². The first-order valence-corrected chi connectivity index (χ1v) is 7.03. The number of hydrogen-bond donors (Lipinski definition) is 2. The number of benzene rings is 1. The maximum atomic E-state index is 12.2. The fourth-order valence-electron chi connectivity index (χ4n) is 3.05. The number of nitriles is 1. The summed E-state index contributed by atoms with van der Waals surface area (Å²) in [5.41, 5.74) is 1.33. The molecule has 20 heavy (non-hydrogen) atoms. The number of carbonyl (C=O) groups is 1. The number of piperidine rings is 1. The minimum atomic E-state index is -0.0416. The van der Waals surface area contributed by atoms with Crippen LogP contribution >= 0.6 is 0 Å². The Kier molecular flexibility index (Phi) is 3.57. The summed E-state index contributed by atoms with van der Waals surface area (Å²) in [6.45, 7) is 3.77. The Morgan fingerprint density at radius 3 is 2.80 bits per heavy atom. The van der Waals surface area contributed by atoms with E-state index in [9.17, 15) is 4.79 Å². The average Bonchev–Trinajstić information content (AvgIpc) is 2.95. The fourth-order valence-corrected chi connectivity index (χ4v) is 3.05. The Morgan fingerprint density at radius 1 is 1.30 bits per heavy atom. The van der Waals surface area contributed by atoms with Crippen molar-refractivity contribution in [2.75, 3.05) is 31.5 Å². The lowest BCUT2D eigenvalue weighted by molar-refractivity contribution is 0.161. The number of likely N-dealkylation sites (tertiary alicyclic amines) is 1. The average molecular weight is 270 g/mol. The van der Waals surface area contributed by atoms with Gasteiger partial charge in [-0.2, -0.15) is 5.26 Å². The maximum absolute atomic E-state index is 12.2. The zero-order valence-corrected chi connectivity index (χ0v) is 11.3. The molecule has 1 aromatic rings.